The zero-order chi connectivity index (χ0) is 11.6. The topological polar surface area (TPSA) is 83.6 Å². The lowest BCUT2D eigenvalue weighted by atomic mass is 10.0. The van der Waals surface area contributed by atoms with Gasteiger partial charge in [-0.3, -0.25) is 9.59 Å². The van der Waals surface area contributed by atoms with Crippen LogP contribution in [0.4, 0.5) is 0 Å². The lowest BCUT2D eigenvalue weighted by Crippen LogP contribution is -2.52. The summed E-state index contributed by atoms with van der Waals surface area (Å²) in [5.74, 6) is -1.03. The molecule has 1 fully saturated rings. The maximum absolute atomic E-state index is 11.9. The van der Waals surface area contributed by atoms with Gasteiger partial charge in [0.25, 0.3) is 0 Å². The highest BCUT2D eigenvalue weighted by molar-refractivity contribution is 5.86. The molecule has 0 radical (unpaired) electrons. The predicted octanol–water partition coefficient (Wildman–Crippen LogP) is 0.189. The summed E-state index contributed by atoms with van der Waals surface area (Å²) in [6, 6.07) is -0.183. The van der Waals surface area contributed by atoms with Gasteiger partial charge in [-0.05, 0) is 26.7 Å². The van der Waals surface area contributed by atoms with Crippen molar-refractivity contribution in [3.05, 3.63) is 0 Å². The van der Waals surface area contributed by atoms with E-state index in [1.807, 2.05) is 0 Å². The molecule has 86 valence electrons. The first kappa shape index (κ1) is 12.0. The van der Waals surface area contributed by atoms with Crippen molar-refractivity contribution in [2.45, 2.75) is 44.7 Å². The lowest BCUT2D eigenvalue weighted by Gasteiger charge is -2.30. The Morgan fingerprint density at radius 3 is 2.60 bits per heavy atom. The van der Waals surface area contributed by atoms with Crippen LogP contribution >= 0.6 is 0 Å². The summed E-state index contributed by atoms with van der Waals surface area (Å²) < 4.78 is 0. The second kappa shape index (κ2) is 4.18. The average molecular weight is 214 g/mol. The van der Waals surface area contributed by atoms with Crippen LogP contribution in [-0.2, 0) is 9.59 Å². The smallest absolute Gasteiger partial charge is 0.305 e. The molecule has 0 spiro atoms. The van der Waals surface area contributed by atoms with E-state index in [4.69, 9.17) is 10.8 Å². The van der Waals surface area contributed by atoms with Crippen LogP contribution in [0.1, 0.15) is 33.1 Å². The van der Waals surface area contributed by atoms with Crippen LogP contribution in [-0.4, -0.2) is 40.0 Å². The number of hydrogen-bond acceptors (Lipinski definition) is 3. The van der Waals surface area contributed by atoms with Crippen molar-refractivity contribution < 1.29 is 14.7 Å². The number of carboxylic acids is 1. The molecule has 0 bridgehead atoms. The van der Waals surface area contributed by atoms with E-state index in [2.05, 4.69) is 0 Å². The monoisotopic (exact) mass is 214 g/mol. The average Bonchev–Trinajstić information content (AvgIpc) is 2.48. The fourth-order valence-corrected chi connectivity index (χ4v) is 1.89. The van der Waals surface area contributed by atoms with Crippen molar-refractivity contribution in [3.63, 3.8) is 0 Å². The Balaban J connectivity index is 2.68. The van der Waals surface area contributed by atoms with Crippen LogP contribution in [0.25, 0.3) is 0 Å². The van der Waals surface area contributed by atoms with Crippen LogP contribution in [0, 0.1) is 0 Å². The van der Waals surface area contributed by atoms with Gasteiger partial charge in [-0.2, -0.15) is 0 Å². The molecular weight excluding hydrogens is 196 g/mol. The van der Waals surface area contributed by atoms with Crippen molar-refractivity contribution >= 4 is 11.9 Å². The number of likely N-dealkylation sites (tertiary alicyclic amines) is 1. The van der Waals surface area contributed by atoms with Gasteiger partial charge in [0.2, 0.25) is 5.91 Å². The molecule has 3 N–H and O–H groups in total. The number of nitrogens with two attached hydrogens (primary N) is 1. The van der Waals surface area contributed by atoms with E-state index in [0.717, 1.165) is 12.8 Å². The second-order valence-electron chi connectivity index (χ2n) is 4.61. The third kappa shape index (κ3) is 2.92. The summed E-state index contributed by atoms with van der Waals surface area (Å²) in [4.78, 5) is 24.1. The molecule has 0 aromatic carbocycles. The third-order valence-corrected chi connectivity index (χ3v) is 2.60. The van der Waals surface area contributed by atoms with Crippen LogP contribution < -0.4 is 5.73 Å². The Bertz CT molecular complexity index is 270. The van der Waals surface area contributed by atoms with Gasteiger partial charge in [0.15, 0.2) is 0 Å². The van der Waals surface area contributed by atoms with Crippen LogP contribution in [0.2, 0.25) is 0 Å². The summed E-state index contributed by atoms with van der Waals surface area (Å²) in [6.45, 7) is 3.91. The minimum absolute atomic E-state index is 0.0157. The molecule has 0 aromatic rings. The number of nitrogens with zero attached hydrogens (tertiary/aromatic N) is 1. The van der Waals surface area contributed by atoms with E-state index in [0.29, 0.717) is 6.54 Å². The SMILES string of the molecule is CC(C)(N)C(=O)N1CCCC1CC(=O)O. The Morgan fingerprint density at radius 2 is 2.13 bits per heavy atom. The highest BCUT2D eigenvalue weighted by Crippen LogP contribution is 2.22. The summed E-state index contributed by atoms with van der Waals surface area (Å²) in [5.41, 5.74) is 4.80. The van der Waals surface area contributed by atoms with Gasteiger partial charge in [0.05, 0.1) is 12.0 Å². The molecule has 1 amide bonds. The molecule has 1 aliphatic rings. The minimum Gasteiger partial charge on any atom is -0.481 e. The minimum atomic E-state index is -0.916. The molecule has 1 unspecified atom stereocenters. The van der Waals surface area contributed by atoms with E-state index in [9.17, 15) is 9.59 Å². The second-order valence-corrected chi connectivity index (χ2v) is 4.61. The van der Waals surface area contributed by atoms with Crippen molar-refractivity contribution in [1.82, 2.24) is 4.90 Å². The maximum atomic E-state index is 11.9. The standard InChI is InChI=1S/C10H18N2O3/c1-10(2,11)9(15)12-5-3-4-7(12)6-8(13)14/h7H,3-6,11H2,1-2H3,(H,13,14). The number of carbonyl (C=O) groups is 2. The highest BCUT2D eigenvalue weighted by Gasteiger charge is 2.36. The number of carboxylic acid groups (broad SMARTS) is 1. The normalized spacial score (nSPS) is 21.8. The summed E-state index contributed by atoms with van der Waals surface area (Å²) in [5, 5.41) is 8.71. The largest absolute Gasteiger partial charge is 0.481 e. The van der Waals surface area contributed by atoms with Gasteiger partial charge in [0.1, 0.15) is 0 Å². The molecule has 1 atom stereocenters. The summed E-state index contributed by atoms with van der Waals surface area (Å²) in [7, 11) is 0. The van der Waals surface area contributed by atoms with Crippen LogP contribution in [0.3, 0.4) is 0 Å². The molecule has 15 heavy (non-hydrogen) atoms. The van der Waals surface area contributed by atoms with Crippen molar-refractivity contribution in [2.75, 3.05) is 6.54 Å². The fraction of sp³-hybridized carbons (Fsp3) is 0.800. The quantitative estimate of drug-likeness (QED) is 0.702. The van der Waals surface area contributed by atoms with E-state index < -0.39 is 11.5 Å². The van der Waals surface area contributed by atoms with Crippen molar-refractivity contribution in [1.29, 1.82) is 0 Å². The van der Waals surface area contributed by atoms with Crippen LogP contribution in [0.5, 0.6) is 0 Å². The Hall–Kier alpha value is -1.10. The maximum Gasteiger partial charge on any atom is 0.305 e. The number of rotatable bonds is 3. The van der Waals surface area contributed by atoms with Gasteiger partial charge >= 0.3 is 5.97 Å². The zero-order valence-electron chi connectivity index (χ0n) is 9.19. The van der Waals surface area contributed by atoms with E-state index in [1.54, 1.807) is 18.7 Å². The van der Waals surface area contributed by atoms with Crippen molar-refractivity contribution in [3.8, 4) is 0 Å². The van der Waals surface area contributed by atoms with Gasteiger partial charge < -0.3 is 15.7 Å². The molecule has 1 rings (SSSR count). The Morgan fingerprint density at radius 1 is 1.53 bits per heavy atom. The lowest BCUT2D eigenvalue weighted by molar-refractivity contribution is -0.141. The molecule has 0 aromatic heterocycles. The van der Waals surface area contributed by atoms with E-state index >= 15 is 0 Å². The summed E-state index contributed by atoms with van der Waals surface area (Å²) >= 11 is 0. The van der Waals surface area contributed by atoms with Crippen molar-refractivity contribution in [2.24, 2.45) is 5.73 Å². The molecule has 5 heteroatoms. The molecule has 1 saturated heterocycles. The number of aliphatic carboxylic acids is 1. The molecule has 5 nitrogen and oxygen atoms in total. The molecular formula is C10H18N2O3. The molecule has 0 saturated carbocycles. The Labute approximate surface area is 89.2 Å². The molecule has 1 aliphatic heterocycles. The molecule has 0 aliphatic carbocycles. The number of amides is 1. The van der Waals surface area contributed by atoms with Crippen LogP contribution in [0.15, 0.2) is 0 Å². The van der Waals surface area contributed by atoms with Gasteiger partial charge in [-0.25, -0.2) is 0 Å². The first-order valence-corrected chi connectivity index (χ1v) is 5.14. The summed E-state index contributed by atoms with van der Waals surface area (Å²) in [6.07, 6.45) is 1.63. The molecule has 1 heterocycles. The Kier molecular flexibility index (Phi) is 3.34. The highest BCUT2D eigenvalue weighted by atomic mass is 16.4. The van der Waals surface area contributed by atoms with Gasteiger partial charge in [-0.1, -0.05) is 0 Å². The first-order chi connectivity index (χ1) is 6.82. The third-order valence-electron chi connectivity index (χ3n) is 2.60. The number of hydrogen-bond donors (Lipinski definition) is 2. The van der Waals surface area contributed by atoms with Gasteiger partial charge in [-0.15, -0.1) is 0 Å². The predicted molar refractivity (Wildman–Crippen MR) is 55.3 cm³/mol. The van der Waals surface area contributed by atoms with E-state index in [-0.39, 0.29) is 18.4 Å². The van der Waals surface area contributed by atoms with E-state index in [1.165, 1.54) is 0 Å². The first-order valence-electron chi connectivity index (χ1n) is 5.14. The number of carbonyl (C=O) groups excluding carboxylic acids is 1. The van der Waals surface area contributed by atoms with Gasteiger partial charge in [0, 0.05) is 12.6 Å². The fourth-order valence-electron chi connectivity index (χ4n) is 1.89. The zero-order valence-corrected chi connectivity index (χ0v) is 9.19.